The topological polar surface area (TPSA) is 42.3 Å². The fraction of sp³-hybridized carbons (Fsp3) is 0.591. The number of nitrogens with zero attached hydrogens (tertiary/aromatic N) is 3. The zero-order valence-electron chi connectivity index (χ0n) is 16.7. The molecule has 5 nitrogen and oxygen atoms in total. The van der Waals surface area contributed by atoms with Crippen molar-refractivity contribution in [1.82, 2.24) is 15.1 Å². The van der Waals surface area contributed by atoms with Crippen LogP contribution in [0.5, 0.6) is 5.75 Å². The molecule has 150 valence electrons. The summed E-state index contributed by atoms with van der Waals surface area (Å²) in [5.41, 5.74) is 4.68. The van der Waals surface area contributed by atoms with Gasteiger partial charge in [0.05, 0.1) is 18.3 Å². The van der Waals surface area contributed by atoms with E-state index in [9.17, 15) is 4.39 Å². The Balaban J connectivity index is 1.54. The van der Waals surface area contributed by atoms with E-state index in [-0.39, 0.29) is 6.04 Å². The summed E-state index contributed by atoms with van der Waals surface area (Å²) in [5.74, 6) is 1.02. The van der Waals surface area contributed by atoms with E-state index in [1.54, 1.807) is 4.68 Å². The van der Waals surface area contributed by atoms with E-state index in [2.05, 4.69) is 41.4 Å². The van der Waals surface area contributed by atoms with E-state index in [0.29, 0.717) is 25.2 Å². The molecule has 28 heavy (non-hydrogen) atoms. The number of hydrogen-bond donors (Lipinski definition) is 1. The van der Waals surface area contributed by atoms with Crippen LogP contribution in [-0.4, -0.2) is 48.2 Å². The number of anilines is 1. The third-order valence-corrected chi connectivity index (χ3v) is 6.79. The van der Waals surface area contributed by atoms with Crippen molar-refractivity contribution in [1.29, 1.82) is 0 Å². The number of benzene rings is 1. The van der Waals surface area contributed by atoms with Gasteiger partial charge in [-0.05, 0) is 51.2 Å². The maximum atomic E-state index is 14.1. The SMILES string of the molecule is CC1CCc2c(ccc(-c3cnn(C4CNCC4F)c3)c2OC2CCC2)N1C. The number of fused-ring (bicyclic) bond motifs is 1. The monoisotopic (exact) mass is 384 g/mol. The number of hydrogen-bond acceptors (Lipinski definition) is 4. The fourth-order valence-electron chi connectivity index (χ4n) is 4.54. The first-order chi connectivity index (χ1) is 13.6. The van der Waals surface area contributed by atoms with Gasteiger partial charge in [0.2, 0.25) is 0 Å². The lowest BCUT2D eigenvalue weighted by Crippen LogP contribution is -2.34. The van der Waals surface area contributed by atoms with Crippen LogP contribution < -0.4 is 15.0 Å². The van der Waals surface area contributed by atoms with Crippen LogP contribution in [0.2, 0.25) is 0 Å². The minimum absolute atomic E-state index is 0.227. The number of nitrogens with one attached hydrogen (secondary N) is 1. The number of halogens is 1. The number of aromatic nitrogens is 2. The smallest absolute Gasteiger partial charge is 0.136 e. The van der Waals surface area contributed by atoms with E-state index in [4.69, 9.17) is 4.74 Å². The molecule has 1 saturated heterocycles. The average Bonchev–Trinajstić information content (AvgIpc) is 3.29. The van der Waals surface area contributed by atoms with Crippen LogP contribution in [0.25, 0.3) is 11.1 Å². The van der Waals surface area contributed by atoms with Crippen LogP contribution in [0.15, 0.2) is 24.5 Å². The highest BCUT2D eigenvalue weighted by Gasteiger charge is 2.31. The lowest BCUT2D eigenvalue weighted by molar-refractivity contribution is 0.119. The average molecular weight is 384 g/mol. The van der Waals surface area contributed by atoms with E-state index >= 15 is 0 Å². The Morgan fingerprint density at radius 3 is 2.79 bits per heavy atom. The number of rotatable bonds is 4. The summed E-state index contributed by atoms with van der Waals surface area (Å²) in [5, 5.41) is 7.60. The van der Waals surface area contributed by atoms with Crippen molar-refractivity contribution in [3.8, 4) is 16.9 Å². The van der Waals surface area contributed by atoms with Crippen LogP contribution in [0.3, 0.4) is 0 Å². The lowest BCUT2D eigenvalue weighted by Gasteiger charge is -2.37. The van der Waals surface area contributed by atoms with Gasteiger partial charge in [-0.25, -0.2) is 4.39 Å². The molecule has 1 aromatic carbocycles. The summed E-state index contributed by atoms with van der Waals surface area (Å²) in [7, 11) is 2.17. The molecule has 0 bridgehead atoms. The summed E-state index contributed by atoms with van der Waals surface area (Å²) < 4.78 is 22.4. The summed E-state index contributed by atoms with van der Waals surface area (Å²) >= 11 is 0. The Morgan fingerprint density at radius 1 is 1.21 bits per heavy atom. The highest BCUT2D eigenvalue weighted by atomic mass is 19.1. The van der Waals surface area contributed by atoms with Crippen LogP contribution in [0.4, 0.5) is 10.1 Å². The molecular weight excluding hydrogens is 355 g/mol. The van der Waals surface area contributed by atoms with E-state index in [1.165, 1.54) is 17.7 Å². The van der Waals surface area contributed by atoms with Crippen LogP contribution in [-0.2, 0) is 6.42 Å². The Kier molecular flexibility index (Phi) is 4.54. The molecule has 3 heterocycles. The third kappa shape index (κ3) is 2.98. The molecule has 2 fully saturated rings. The van der Waals surface area contributed by atoms with E-state index in [0.717, 1.165) is 42.6 Å². The van der Waals surface area contributed by atoms with Crippen molar-refractivity contribution in [3.63, 3.8) is 0 Å². The van der Waals surface area contributed by atoms with Gasteiger partial charge in [-0.2, -0.15) is 5.10 Å². The Bertz CT molecular complexity index is 862. The van der Waals surface area contributed by atoms with E-state index in [1.807, 2.05) is 12.4 Å². The molecule has 1 aliphatic carbocycles. The molecule has 1 saturated carbocycles. The zero-order valence-corrected chi connectivity index (χ0v) is 16.7. The Hall–Kier alpha value is -2.08. The summed E-state index contributed by atoms with van der Waals surface area (Å²) in [4.78, 5) is 2.36. The number of alkyl halides is 1. The van der Waals surface area contributed by atoms with Gasteiger partial charge in [0.15, 0.2) is 0 Å². The largest absolute Gasteiger partial charge is 0.489 e. The van der Waals surface area contributed by atoms with Gasteiger partial charge in [-0.15, -0.1) is 0 Å². The Labute approximate surface area is 165 Å². The first-order valence-corrected chi connectivity index (χ1v) is 10.6. The molecule has 0 radical (unpaired) electrons. The predicted octanol–water partition coefficient (Wildman–Crippen LogP) is 3.73. The zero-order chi connectivity index (χ0) is 19.3. The predicted molar refractivity (Wildman–Crippen MR) is 109 cm³/mol. The summed E-state index contributed by atoms with van der Waals surface area (Å²) in [6, 6.07) is 4.67. The molecule has 6 heteroatoms. The van der Waals surface area contributed by atoms with Crippen molar-refractivity contribution in [3.05, 3.63) is 30.1 Å². The summed E-state index contributed by atoms with van der Waals surface area (Å²) in [6.07, 6.45) is 8.93. The molecule has 1 N–H and O–H groups in total. The first kappa shape index (κ1) is 18.0. The van der Waals surface area contributed by atoms with Crippen molar-refractivity contribution < 1.29 is 9.13 Å². The molecule has 2 aromatic rings. The fourth-order valence-corrected chi connectivity index (χ4v) is 4.54. The van der Waals surface area contributed by atoms with Gasteiger partial charge < -0.3 is 15.0 Å². The van der Waals surface area contributed by atoms with E-state index < -0.39 is 6.17 Å². The van der Waals surface area contributed by atoms with Crippen molar-refractivity contribution in [2.45, 2.75) is 63.4 Å². The van der Waals surface area contributed by atoms with Crippen molar-refractivity contribution >= 4 is 5.69 Å². The molecule has 1 aromatic heterocycles. The highest BCUT2D eigenvalue weighted by molar-refractivity contribution is 5.77. The minimum atomic E-state index is -0.892. The van der Waals surface area contributed by atoms with Crippen molar-refractivity contribution in [2.24, 2.45) is 0 Å². The Morgan fingerprint density at radius 2 is 2.07 bits per heavy atom. The quantitative estimate of drug-likeness (QED) is 0.872. The van der Waals surface area contributed by atoms with Crippen LogP contribution in [0, 0.1) is 0 Å². The molecule has 2 aliphatic heterocycles. The lowest BCUT2D eigenvalue weighted by atomic mass is 9.91. The van der Waals surface area contributed by atoms with Gasteiger partial charge in [-0.1, -0.05) is 0 Å². The normalized spacial score (nSPS) is 27.5. The molecule has 0 spiro atoms. The van der Waals surface area contributed by atoms with Gasteiger partial charge in [0.25, 0.3) is 0 Å². The summed E-state index contributed by atoms with van der Waals surface area (Å²) in [6.45, 7) is 3.30. The molecule has 3 unspecified atom stereocenters. The molecule has 0 amide bonds. The van der Waals surface area contributed by atoms with Crippen molar-refractivity contribution in [2.75, 3.05) is 25.0 Å². The second kappa shape index (κ2) is 7.07. The third-order valence-electron chi connectivity index (χ3n) is 6.79. The number of ether oxygens (including phenoxy) is 1. The highest BCUT2D eigenvalue weighted by Crippen LogP contribution is 2.44. The van der Waals surface area contributed by atoms with Gasteiger partial charge >= 0.3 is 0 Å². The molecule has 3 atom stereocenters. The van der Waals surface area contributed by atoms with Gasteiger partial charge in [-0.3, -0.25) is 4.68 Å². The van der Waals surface area contributed by atoms with Gasteiger partial charge in [0.1, 0.15) is 11.9 Å². The maximum absolute atomic E-state index is 14.1. The van der Waals surface area contributed by atoms with Crippen LogP contribution >= 0.6 is 0 Å². The second-order valence-corrected chi connectivity index (χ2v) is 8.56. The molecule has 3 aliphatic rings. The maximum Gasteiger partial charge on any atom is 0.136 e. The standard InChI is InChI=1S/C22H29FN4O/c1-14-6-7-18-20(26(14)2)9-8-17(22(18)28-16-4-3-5-16)15-10-25-27(13-15)21-12-24-11-19(21)23/h8-10,13-14,16,19,21,24H,3-7,11-12H2,1-2H3. The molecular formula is C22H29FN4O. The van der Waals surface area contributed by atoms with Crippen LogP contribution in [0.1, 0.15) is 44.2 Å². The second-order valence-electron chi connectivity index (χ2n) is 8.56. The van der Waals surface area contributed by atoms with Gasteiger partial charge in [0, 0.05) is 54.8 Å². The first-order valence-electron chi connectivity index (χ1n) is 10.6. The molecule has 5 rings (SSSR count). The minimum Gasteiger partial charge on any atom is -0.489 e.